The molecule has 0 radical (unpaired) electrons. The van der Waals surface area contributed by atoms with Gasteiger partial charge in [-0.3, -0.25) is 4.57 Å². The van der Waals surface area contributed by atoms with Gasteiger partial charge in [0.05, 0.1) is 33.5 Å². The van der Waals surface area contributed by atoms with Crippen LogP contribution < -0.4 is 14.5 Å². The highest BCUT2D eigenvalue weighted by atomic mass is 16.5. The van der Waals surface area contributed by atoms with Crippen molar-refractivity contribution >= 4 is 44.6 Å². The minimum absolute atomic E-state index is 0.000202. The Morgan fingerprint density at radius 3 is 1.79 bits per heavy atom. The molecule has 1 unspecified atom stereocenters. The third-order valence-electron chi connectivity index (χ3n) is 15.8. The lowest BCUT2D eigenvalue weighted by atomic mass is 9.67. The number of anilines is 4. The zero-order chi connectivity index (χ0) is 51.0. The number of para-hydroxylation sites is 4. The fourth-order valence-corrected chi connectivity index (χ4v) is 12.3. The zero-order valence-electron chi connectivity index (χ0n) is 42.7. The molecule has 3 heterocycles. The van der Waals surface area contributed by atoms with Crippen LogP contribution in [0.15, 0.2) is 261 Å². The van der Waals surface area contributed by atoms with E-state index < -0.39 is 5.41 Å². The second-order valence-electron chi connectivity index (χ2n) is 21.1. The van der Waals surface area contributed by atoms with E-state index in [9.17, 15) is 0 Å². The molecular formula is C71H54N4O. The Hall–Kier alpha value is -9.45. The number of aromatic nitrogens is 2. The first-order valence-corrected chi connectivity index (χ1v) is 26.3. The van der Waals surface area contributed by atoms with Crippen LogP contribution in [0.3, 0.4) is 0 Å². The summed E-state index contributed by atoms with van der Waals surface area (Å²) in [7, 11) is 0. The molecule has 0 spiro atoms. The molecule has 1 atom stereocenters. The van der Waals surface area contributed by atoms with Gasteiger partial charge in [0, 0.05) is 45.9 Å². The molecular weight excluding hydrogens is 925 g/mol. The molecule has 14 rings (SSSR count). The minimum atomic E-state index is -0.582. The van der Waals surface area contributed by atoms with Crippen LogP contribution in [0.25, 0.3) is 61.0 Å². The summed E-state index contributed by atoms with van der Waals surface area (Å²) in [6.07, 6.45) is 1.99. The summed E-state index contributed by atoms with van der Waals surface area (Å²) in [6.45, 7) is 7.50. The van der Waals surface area contributed by atoms with Gasteiger partial charge in [-0.15, -0.1) is 0 Å². The molecule has 364 valence electrons. The Morgan fingerprint density at radius 1 is 0.434 bits per heavy atom. The first-order valence-electron chi connectivity index (χ1n) is 26.3. The highest BCUT2D eigenvalue weighted by Gasteiger charge is 2.46. The van der Waals surface area contributed by atoms with Crippen molar-refractivity contribution in [2.75, 3.05) is 16.5 Å². The van der Waals surface area contributed by atoms with Gasteiger partial charge < -0.3 is 14.5 Å². The van der Waals surface area contributed by atoms with Crippen LogP contribution in [-0.2, 0) is 10.8 Å². The van der Waals surface area contributed by atoms with Gasteiger partial charge in [-0.05, 0) is 110 Å². The van der Waals surface area contributed by atoms with Crippen molar-refractivity contribution in [3.05, 3.63) is 289 Å². The maximum Gasteiger partial charge on any atom is 0.137 e. The first-order chi connectivity index (χ1) is 37.3. The lowest BCUT2D eigenvalue weighted by Gasteiger charge is -2.34. The lowest BCUT2D eigenvalue weighted by Crippen LogP contribution is -2.29. The van der Waals surface area contributed by atoms with E-state index in [1.807, 2.05) is 6.20 Å². The second-order valence-corrected chi connectivity index (χ2v) is 21.1. The van der Waals surface area contributed by atoms with E-state index >= 15 is 0 Å². The molecule has 5 heteroatoms. The molecule has 5 nitrogen and oxygen atoms in total. The number of nitrogens with zero attached hydrogens (tertiary/aromatic N) is 4. The first kappa shape index (κ1) is 45.2. The van der Waals surface area contributed by atoms with E-state index in [4.69, 9.17) is 9.72 Å². The highest BCUT2D eigenvalue weighted by molar-refractivity contribution is 6.09. The quantitative estimate of drug-likeness (QED) is 0.144. The molecule has 2 aromatic heterocycles. The number of rotatable bonds is 9. The summed E-state index contributed by atoms with van der Waals surface area (Å²) in [4.78, 5) is 10.1. The van der Waals surface area contributed by atoms with Crippen LogP contribution in [0.5, 0.6) is 11.5 Å². The predicted molar refractivity (Wildman–Crippen MR) is 314 cm³/mol. The van der Waals surface area contributed by atoms with Crippen molar-refractivity contribution in [2.24, 2.45) is 0 Å². The predicted octanol–water partition coefficient (Wildman–Crippen LogP) is 18.2. The lowest BCUT2D eigenvalue weighted by molar-refractivity contribution is 0.483. The summed E-state index contributed by atoms with van der Waals surface area (Å²) in [5.74, 6) is 2.34. The Kier molecular flexibility index (Phi) is 10.6. The molecule has 76 heavy (non-hydrogen) atoms. The van der Waals surface area contributed by atoms with Crippen molar-refractivity contribution in [3.63, 3.8) is 0 Å². The van der Waals surface area contributed by atoms with Gasteiger partial charge in [0.1, 0.15) is 24.0 Å². The van der Waals surface area contributed by atoms with E-state index in [0.717, 1.165) is 61.7 Å². The minimum Gasteiger partial charge on any atom is -0.457 e. The van der Waals surface area contributed by atoms with E-state index in [2.05, 4.69) is 290 Å². The van der Waals surface area contributed by atoms with E-state index in [1.165, 1.54) is 61.3 Å². The number of ether oxygens (including phenoxy) is 1. The molecule has 0 bridgehead atoms. The average molecular weight is 979 g/mol. The molecule has 10 aromatic carbocycles. The van der Waals surface area contributed by atoms with E-state index in [-0.39, 0.29) is 5.41 Å². The summed E-state index contributed by atoms with van der Waals surface area (Å²) in [5.41, 5.74) is 19.6. The van der Waals surface area contributed by atoms with Crippen LogP contribution in [0.4, 0.5) is 22.7 Å². The van der Waals surface area contributed by atoms with Gasteiger partial charge >= 0.3 is 0 Å². The van der Waals surface area contributed by atoms with Crippen LogP contribution in [0.1, 0.15) is 48.6 Å². The van der Waals surface area contributed by atoms with Gasteiger partial charge in [-0.25, -0.2) is 4.98 Å². The molecule has 2 aliphatic rings. The van der Waals surface area contributed by atoms with Crippen molar-refractivity contribution in [2.45, 2.75) is 31.6 Å². The van der Waals surface area contributed by atoms with Gasteiger partial charge in [-0.2, -0.15) is 0 Å². The van der Waals surface area contributed by atoms with Crippen LogP contribution in [0, 0.1) is 0 Å². The molecule has 12 aromatic rings. The molecule has 1 aliphatic heterocycles. The highest BCUT2D eigenvalue weighted by Crippen LogP contribution is 2.57. The van der Waals surface area contributed by atoms with Crippen molar-refractivity contribution in [3.8, 4) is 50.7 Å². The number of hydrogen-bond acceptors (Lipinski definition) is 4. The van der Waals surface area contributed by atoms with Gasteiger partial charge in [0.25, 0.3) is 0 Å². The SMILES string of the molecule is CC(C)(C)c1ccc2c(c1)-c1ccccc1C2(c1ccccc1)c1ccnc(-n2c3ccccc3c3ccc(Oc4cccc(N5CN(c6c(-c7ccccc7)cccc6-c6ccccc6)c6ccccc65)c4)cc32)c1. The van der Waals surface area contributed by atoms with Gasteiger partial charge in [0.2, 0.25) is 0 Å². The van der Waals surface area contributed by atoms with Crippen molar-refractivity contribution < 1.29 is 4.74 Å². The Balaban J connectivity index is 0.857. The van der Waals surface area contributed by atoms with Crippen LogP contribution in [-0.4, -0.2) is 16.2 Å². The van der Waals surface area contributed by atoms with Crippen molar-refractivity contribution in [1.82, 2.24) is 9.55 Å². The zero-order valence-corrected chi connectivity index (χ0v) is 42.7. The summed E-state index contributed by atoms with van der Waals surface area (Å²) in [5, 5.41) is 2.29. The third kappa shape index (κ3) is 7.26. The molecule has 0 saturated heterocycles. The maximum absolute atomic E-state index is 6.94. The third-order valence-corrected chi connectivity index (χ3v) is 15.8. The van der Waals surface area contributed by atoms with Gasteiger partial charge in [0.15, 0.2) is 0 Å². The molecule has 0 N–H and O–H groups in total. The monoisotopic (exact) mass is 978 g/mol. The van der Waals surface area contributed by atoms with Gasteiger partial charge in [-0.1, -0.05) is 209 Å². The smallest absolute Gasteiger partial charge is 0.137 e. The normalized spacial score (nSPS) is 14.7. The fourth-order valence-electron chi connectivity index (χ4n) is 12.3. The standard InChI is InChI=1S/C71H54N4O/c1-70(2,3)51-37-40-63-61(43-51)58-29-13-15-33-62(58)71(63,50-25-11-6-12-26-50)52-41-42-72-68(44-52)75-64-34-16-14-30-59(64)60-39-38-55(46-67(60)75)76-54-28-19-27-53(45-54)73-47-74(66-36-18-17-35-65(66)73)69-56(48-21-7-4-8-22-48)31-20-32-57(69)49-23-9-5-10-24-49/h4-46H,47H2,1-3H3. The van der Waals surface area contributed by atoms with Crippen LogP contribution >= 0.6 is 0 Å². The Morgan fingerprint density at radius 2 is 1.04 bits per heavy atom. The largest absolute Gasteiger partial charge is 0.457 e. The van der Waals surface area contributed by atoms with Crippen LogP contribution in [0.2, 0.25) is 0 Å². The summed E-state index contributed by atoms with van der Waals surface area (Å²) >= 11 is 0. The Bertz CT molecular complexity index is 4120. The number of fused-ring (bicyclic) bond motifs is 7. The average Bonchev–Trinajstić information content (AvgIpc) is 4.32. The molecule has 0 saturated carbocycles. The second kappa shape index (κ2) is 17.9. The summed E-state index contributed by atoms with van der Waals surface area (Å²) < 4.78 is 9.26. The topological polar surface area (TPSA) is 33.5 Å². The summed E-state index contributed by atoms with van der Waals surface area (Å²) in [6, 6.07) is 92.2. The molecule has 1 aliphatic carbocycles. The molecule has 0 fully saturated rings. The molecule has 0 amide bonds. The number of hydrogen-bond donors (Lipinski definition) is 0. The van der Waals surface area contributed by atoms with Crippen molar-refractivity contribution in [1.29, 1.82) is 0 Å². The van der Waals surface area contributed by atoms with E-state index in [1.54, 1.807) is 0 Å². The Labute approximate surface area is 444 Å². The van der Waals surface area contributed by atoms with E-state index in [0.29, 0.717) is 6.67 Å². The fraction of sp³-hybridized carbons (Fsp3) is 0.0845. The number of pyridine rings is 1. The maximum atomic E-state index is 6.94. The number of benzene rings is 10.